The second-order valence-electron chi connectivity index (χ2n) is 5.85. The number of rotatable bonds is 5. The maximum absolute atomic E-state index is 12.1. The molecule has 0 spiro atoms. The number of carbonyl (C=O) groups is 1. The van der Waals surface area contributed by atoms with Gasteiger partial charge in [0.1, 0.15) is 5.75 Å². The number of Topliss-reactive ketones (excluding diaryl/α,β-unsaturated/α-hetero) is 1. The predicted molar refractivity (Wildman–Crippen MR) is 75.2 cm³/mol. The molecule has 0 saturated carbocycles. The number of carbonyl (C=O) groups excluding carboxylic acids is 1. The van der Waals surface area contributed by atoms with Crippen molar-refractivity contribution in [3.63, 3.8) is 0 Å². The topological polar surface area (TPSA) is 26.3 Å². The number of ketones is 1. The van der Waals surface area contributed by atoms with Crippen LogP contribution in [0, 0.1) is 11.3 Å². The number of hydrogen-bond donors (Lipinski definition) is 0. The van der Waals surface area contributed by atoms with E-state index in [-0.39, 0.29) is 11.2 Å². The van der Waals surface area contributed by atoms with Crippen LogP contribution < -0.4 is 4.74 Å². The molecule has 0 N–H and O–H groups in total. The lowest BCUT2D eigenvalue weighted by atomic mass is 9.78. The van der Waals surface area contributed by atoms with Crippen LogP contribution in [0.3, 0.4) is 0 Å². The highest BCUT2D eigenvalue weighted by molar-refractivity contribution is 5.96. The number of benzene rings is 1. The highest BCUT2D eigenvalue weighted by Crippen LogP contribution is 2.29. The highest BCUT2D eigenvalue weighted by atomic mass is 16.5. The molecule has 0 amide bonds. The van der Waals surface area contributed by atoms with Crippen LogP contribution in [0.15, 0.2) is 24.3 Å². The van der Waals surface area contributed by atoms with Crippen LogP contribution in [0.25, 0.3) is 0 Å². The lowest BCUT2D eigenvalue weighted by Gasteiger charge is -2.26. The van der Waals surface area contributed by atoms with Gasteiger partial charge in [0.2, 0.25) is 0 Å². The van der Waals surface area contributed by atoms with Crippen LogP contribution in [-0.4, -0.2) is 12.4 Å². The summed E-state index contributed by atoms with van der Waals surface area (Å²) in [5.74, 6) is 1.40. The zero-order valence-electron chi connectivity index (χ0n) is 12.1. The zero-order valence-corrected chi connectivity index (χ0v) is 12.1. The average Bonchev–Trinajstić information content (AvgIpc) is 2.29. The molecule has 0 aromatic heterocycles. The Hall–Kier alpha value is -1.31. The van der Waals surface area contributed by atoms with Gasteiger partial charge in [-0.2, -0.15) is 0 Å². The van der Waals surface area contributed by atoms with Crippen molar-refractivity contribution in [3.8, 4) is 5.75 Å². The normalized spacial score (nSPS) is 13.2. The molecule has 18 heavy (non-hydrogen) atoms. The molecule has 0 saturated heterocycles. The Labute approximate surface area is 110 Å². The van der Waals surface area contributed by atoms with E-state index in [1.807, 2.05) is 31.2 Å². The molecule has 2 nitrogen and oxygen atoms in total. The van der Waals surface area contributed by atoms with E-state index >= 15 is 0 Å². The van der Waals surface area contributed by atoms with Gasteiger partial charge in [0.15, 0.2) is 5.78 Å². The molecule has 0 radical (unpaired) electrons. The number of hydrogen-bond acceptors (Lipinski definition) is 2. The minimum absolute atomic E-state index is 0.168. The first-order valence-electron chi connectivity index (χ1n) is 6.60. The molecular formula is C16H24O2. The predicted octanol–water partition coefficient (Wildman–Crippen LogP) is 4.34. The summed E-state index contributed by atoms with van der Waals surface area (Å²) in [4.78, 5) is 12.1. The van der Waals surface area contributed by atoms with Crippen LogP contribution in [0.2, 0.25) is 0 Å². The van der Waals surface area contributed by atoms with Gasteiger partial charge in [-0.05, 0) is 42.5 Å². The fourth-order valence-corrected chi connectivity index (χ4v) is 1.61. The Bertz CT molecular complexity index is 385. The molecule has 2 heteroatoms. The SMILES string of the molecule is CCOc1ccc(C(=O)CC(C)C(C)(C)C)cc1. The van der Waals surface area contributed by atoms with E-state index in [0.29, 0.717) is 18.9 Å². The van der Waals surface area contributed by atoms with Gasteiger partial charge >= 0.3 is 0 Å². The van der Waals surface area contributed by atoms with Crippen molar-refractivity contribution in [2.45, 2.75) is 41.0 Å². The maximum atomic E-state index is 12.1. The lowest BCUT2D eigenvalue weighted by Crippen LogP contribution is -2.20. The molecule has 1 aromatic carbocycles. The van der Waals surface area contributed by atoms with Gasteiger partial charge in [-0.1, -0.05) is 27.7 Å². The van der Waals surface area contributed by atoms with E-state index in [2.05, 4.69) is 27.7 Å². The van der Waals surface area contributed by atoms with Gasteiger partial charge < -0.3 is 4.74 Å². The minimum atomic E-state index is 0.168. The monoisotopic (exact) mass is 248 g/mol. The summed E-state index contributed by atoms with van der Waals surface area (Å²) in [6, 6.07) is 7.42. The molecule has 0 heterocycles. The molecule has 0 fully saturated rings. The third-order valence-electron chi connectivity index (χ3n) is 3.46. The largest absolute Gasteiger partial charge is 0.494 e. The van der Waals surface area contributed by atoms with Gasteiger partial charge in [0.05, 0.1) is 6.61 Å². The first-order chi connectivity index (χ1) is 8.34. The molecule has 1 aromatic rings. The third kappa shape index (κ3) is 4.17. The van der Waals surface area contributed by atoms with Gasteiger partial charge in [-0.15, -0.1) is 0 Å². The lowest BCUT2D eigenvalue weighted by molar-refractivity contribution is 0.0927. The fraction of sp³-hybridized carbons (Fsp3) is 0.562. The molecule has 0 aliphatic carbocycles. The quantitative estimate of drug-likeness (QED) is 0.724. The summed E-state index contributed by atoms with van der Waals surface area (Å²) >= 11 is 0. The van der Waals surface area contributed by atoms with Crippen molar-refractivity contribution in [2.75, 3.05) is 6.61 Å². The van der Waals surface area contributed by atoms with Crippen molar-refractivity contribution in [2.24, 2.45) is 11.3 Å². The van der Waals surface area contributed by atoms with Crippen molar-refractivity contribution >= 4 is 5.78 Å². The summed E-state index contributed by atoms with van der Waals surface area (Å²) in [6.45, 7) is 11.2. The molecular weight excluding hydrogens is 224 g/mol. The second-order valence-corrected chi connectivity index (χ2v) is 5.85. The van der Waals surface area contributed by atoms with Crippen molar-refractivity contribution in [3.05, 3.63) is 29.8 Å². The molecule has 1 atom stereocenters. The smallest absolute Gasteiger partial charge is 0.163 e. The van der Waals surface area contributed by atoms with Crippen LogP contribution in [0.4, 0.5) is 0 Å². The zero-order chi connectivity index (χ0) is 13.8. The highest BCUT2D eigenvalue weighted by Gasteiger charge is 2.22. The van der Waals surface area contributed by atoms with Gasteiger partial charge in [-0.3, -0.25) is 4.79 Å². The van der Waals surface area contributed by atoms with Crippen LogP contribution in [0.5, 0.6) is 5.75 Å². The van der Waals surface area contributed by atoms with E-state index in [9.17, 15) is 4.79 Å². The summed E-state index contributed by atoms with van der Waals surface area (Å²) in [5, 5.41) is 0. The average molecular weight is 248 g/mol. The standard InChI is InChI=1S/C16H24O2/c1-6-18-14-9-7-13(8-10-14)15(17)11-12(2)16(3,4)5/h7-10,12H,6,11H2,1-5H3. The van der Waals surface area contributed by atoms with Crippen molar-refractivity contribution in [1.82, 2.24) is 0 Å². The van der Waals surface area contributed by atoms with Crippen LogP contribution in [-0.2, 0) is 0 Å². The number of ether oxygens (including phenoxy) is 1. The third-order valence-corrected chi connectivity index (χ3v) is 3.46. The van der Waals surface area contributed by atoms with Crippen LogP contribution >= 0.6 is 0 Å². The molecule has 100 valence electrons. The second kappa shape index (κ2) is 6.03. The van der Waals surface area contributed by atoms with Crippen molar-refractivity contribution in [1.29, 1.82) is 0 Å². The summed E-state index contributed by atoms with van der Waals surface area (Å²) < 4.78 is 5.36. The first kappa shape index (κ1) is 14.7. The fourth-order valence-electron chi connectivity index (χ4n) is 1.61. The molecule has 0 bridgehead atoms. The molecule has 0 aliphatic rings. The van der Waals surface area contributed by atoms with Gasteiger partial charge in [0.25, 0.3) is 0 Å². The Balaban J connectivity index is 2.67. The van der Waals surface area contributed by atoms with Gasteiger partial charge in [0, 0.05) is 12.0 Å². The van der Waals surface area contributed by atoms with E-state index in [1.54, 1.807) is 0 Å². The van der Waals surface area contributed by atoms with Crippen LogP contribution in [0.1, 0.15) is 51.4 Å². The Kier molecular flexibility index (Phi) is 4.94. The minimum Gasteiger partial charge on any atom is -0.494 e. The summed E-state index contributed by atoms with van der Waals surface area (Å²) in [6.07, 6.45) is 0.595. The van der Waals surface area contributed by atoms with E-state index < -0.39 is 0 Å². The van der Waals surface area contributed by atoms with E-state index in [1.165, 1.54) is 0 Å². The van der Waals surface area contributed by atoms with Gasteiger partial charge in [-0.25, -0.2) is 0 Å². The molecule has 1 unspecified atom stereocenters. The Morgan fingerprint density at radius 1 is 1.22 bits per heavy atom. The van der Waals surface area contributed by atoms with E-state index in [0.717, 1.165) is 11.3 Å². The van der Waals surface area contributed by atoms with Crippen molar-refractivity contribution < 1.29 is 9.53 Å². The summed E-state index contributed by atoms with van der Waals surface area (Å²) in [7, 11) is 0. The van der Waals surface area contributed by atoms with E-state index in [4.69, 9.17) is 4.74 Å². The Morgan fingerprint density at radius 3 is 2.22 bits per heavy atom. The summed E-state index contributed by atoms with van der Waals surface area (Å²) in [5.41, 5.74) is 0.940. The maximum Gasteiger partial charge on any atom is 0.163 e. The molecule has 0 aliphatic heterocycles. The molecule has 1 rings (SSSR count). The Morgan fingerprint density at radius 2 is 1.78 bits per heavy atom. The first-order valence-corrected chi connectivity index (χ1v) is 6.60.